The third-order valence-electron chi connectivity index (χ3n) is 4.12. The molecular weight excluding hydrogens is 317 g/mol. The lowest BCUT2D eigenvalue weighted by Gasteiger charge is -2.07. The third kappa shape index (κ3) is 4.12. The van der Waals surface area contributed by atoms with E-state index in [-0.39, 0.29) is 11.7 Å². The minimum absolute atomic E-state index is 0.116. The van der Waals surface area contributed by atoms with Gasteiger partial charge >= 0.3 is 0 Å². The van der Waals surface area contributed by atoms with Crippen LogP contribution >= 0.6 is 0 Å². The van der Waals surface area contributed by atoms with Crippen molar-refractivity contribution in [2.24, 2.45) is 7.05 Å². The van der Waals surface area contributed by atoms with E-state index < -0.39 is 0 Å². The fourth-order valence-corrected chi connectivity index (χ4v) is 2.71. The number of carbonyl (C=O) groups excluding carboxylic acids is 1. The Labute approximate surface area is 146 Å². The van der Waals surface area contributed by atoms with E-state index >= 15 is 0 Å². The van der Waals surface area contributed by atoms with Gasteiger partial charge in [0.25, 0.3) is 5.91 Å². The topological polar surface area (TPSA) is 46.9 Å². The summed E-state index contributed by atoms with van der Waals surface area (Å²) in [4.78, 5) is 15.9. The van der Waals surface area contributed by atoms with Crippen LogP contribution in [-0.2, 0) is 13.5 Å². The first-order chi connectivity index (χ1) is 12.1. The van der Waals surface area contributed by atoms with Gasteiger partial charge in [-0.05, 0) is 30.0 Å². The molecule has 1 heterocycles. The summed E-state index contributed by atoms with van der Waals surface area (Å²) in [6.45, 7) is 0.596. The number of aryl methyl sites for hydroxylation is 2. The van der Waals surface area contributed by atoms with Crippen molar-refractivity contribution in [2.75, 3.05) is 6.54 Å². The van der Waals surface area contributed by atoms with Crippen LogP contribution < -0.4 is 5.32 Å². The van der Waals surface area contributed by atoms with Crippen LogP contribution in [0, 0.1) is 5.82 Å². The van der Waals surface area contributed by atoms with E-state index in [0.29, 0.717) is 17.8 Å². The van der Waals surface area contributed by atoms with Crippen molar-refractivity contribution in [2.45, 2.75) is 12.8 Å². The Bertz CT molecular complexity index is 855. The minimum atomic E-state index is -0.215. The van der Waals surface area contributed by atoms with Crippen LogP contribution in [-0.4, -0.2) is 22.0 Å². The standard InChI is InChI=1S/C20H20FN3O/c1-24-14-22-13-19(24)20(25)23-12-4-5-15-8-10-16(11-9-15)17-6-2-3-7-18(17)21/h2-3,6-11,13-14H,4-5,12H2,1H3,(H,23,25). The molecule has 2 aromatic carbocycles. The lowest BCUT2D eigenvalue weighted by molar-refractivity contribution is 0.0945. The van der Waals surface area contributed by atoms with Gasteiger partial charge in [-0.15, -0.1) is 0 Å². The molecule has 1 amide bonds. The highest BCUT2D eigenvalue weighted by molar-refractivity contribution is 5.92. The zero-order valence-electron chi connectivity index (χ0n) is 14.1. The lowest BCUT2D eigenvalue weighted by atomic mass is 10.0. The SMILES string of the molecule is Cn1cncc1C(=O)NCCCc1ccc(-c2ccccc2F)cc1. The summed E-state index contributed by atoms with van der Waals surface area (Å²) in [5.41, 5.74) is 3.19. The average molecular weight is 337 g/mol. The molecule has 0 unspecified atom stereocenters. The van der Waals surface area contributed by atoms with E-state index in [1.54, 1.807) is 36.3 Å². The molecule has 128 valence electrons. The Balaban J connectivity index is 1.50. The van der Waals surface area contributed by atoms with Gasteiger partial charge in [-0.3, -0.25) is 4.79 Å². The van der Waals surface area contributed by atoms with E-state index in [0.717, 1.165) is 24.0 Å². The van der Waals surface area contributed by atoms with E-state index in [1.165, 1.54) is 6.07 Å². The number of imidazole rings is 1. The predicted octanol–water partition coefficient (Wildman–Crippen LogP) is 3.59. The van der Waals surface area contributed by atoms with Gasteiger partial charge in [0, 0.05) is 19.2 Å². The first-order valence-electron chi connectivity index (χ1n) is 8.23. The second-order valence-corrected chi connectivity index (χ2v) is 5.93. The maximum Gasteiger partial charge on any atom is 0.269 e. The van der Waals surface area contributed by atoms with E-state index in [4.69, 9.17) is 0 Å². The van der Waals surface area contributed by atoms with Gasteiger partial charge in [0.2, 0.25) is 0 Å². The molecule has 4 nitrogen and oxygen atoms in total. The summed E-state index contributed by atoms with van der Waals surface area (Å²) >= 11 is 0. The first kappa shape index (κ1) is 16.9. The van der Waals surface area contributed by atoms with Crippen molar-refractivity contribution in [1.82, 2.24) is 14.9 Å². The van der Waals surface area contributed by atoms with E-state index in [9.17, 15) is 9.18 Å². The molecule has 0 spiro atoms. The van der Waals surface area contributed by atoms with Crippen molar-refractivity contribution in [3.8, 4) is 11.1 Å². The summed E-state index contributed by atoms with van der Waals surface area (Å²) in [6, 6.07) is 14.6. The molecule has 0 aliphatic carbocycles. The summed E-state index contributed by atoms with van der Waals surface area (Å²) in [7, 11) is 1.79. The van der Waals surface area contributed by atoms with Crippen molar-refractivity contribution < 1.29 is 9.18 Å². The Morgan fingerprint density at radius 2 is 1.92 bits per heavy atom. The summed E-state index contributed by atoms with van der Waals surface area (Å²) in [5.74, 6) is -0.331. The Kier molecular flexibility index (Phi) is 5.23. The van der Waals surface area contributed by atoms with Crippen molar-refractivity contribution >= 4 is 5.91 Å². The summed E-state index contributed by atoms with van der Waals surface area (Å²) in [5, 5.41) is 2.89. The van der Waals surface area contributed by atoms with Crippen LogP contribution in [0.2, 0.25) is 0 Å². The fourth-order valence-electron chi connectivity index (χ4n) is 2.71. The monoisotopic (exact) mass is 337 g/mol. The first-order valence-corrected chi connectivity index (χ1v) is 8.23. The normalized spacial score (nSPS) is 10.6. The van der Waals surface area contributed by atoms with Crippen LogP contribution in [0.4, 0.5) is 4.39 Å². The number of benzene rings is 2. The molecule has 1 N–H and O–H groups in total. The van der Waals surface area contributed by atoms with Gasteiger partial charge in [0.05, 0.1) is 12.5 Å². The van der Waals surface area contributed by atoms with Crippen LogP contribution in [0.3, 0.4) is 0 Å². The quantitative estimate of drug-likeness (QED) is 0.699. The number of nitrogens with one attached hydrogen (secondary N) is 1. The van der Waals surface area contributed by atoms with Crippen molar-refractivity contribution in [3.63, 3.8) is 0 Å². The molecule has 0 atom stereocenters. The predicted molar refractivity (Wildman–Crippen MR) is 95.7 cm³/mol. The zero-order chi connectivity index (χ0) is 17.6. The smallest absolute Gasteiger partial charge is 0.269 e. The molecule has 25 heavy (non-hydrogen) atoms. The van der Waals surface area contributed by atoms with Crippen LogP contribution in [0.25, 0.3) is 11.1 Å². The largest absolute Gasteiger partial charge is 0.351 e. The van der Waals surface area contributed by atoms with Crippen molar-refractivity contribution in [1.29, 1.82) is 0 Å². The Hall–Kier alpha value is -2.95. The van der Waals surface area contributed by atoms with Gasteiger partial charge in [-0.1, -0.05) is 42.5 Å². The molecule has 3 rings (SSSR count). The summed E-state index contributed by atoms with van der Waals surface area (Å²) < 4.78 is 15.5. The van der Waals surface area contributed by atoms with E-state index in [1.807, 2.05) is 30.3 Å². The number of halogens is 1. The highest BCUT2D eigenvalue weighted by Gasteiger charge is 2.08. The third-order valence-corrected chi connectivity index (χ3v) is 4.12. The molecule has 0 aliphatic heterocycles. The molecule has 0 saturated heterocycles. The zero-order valence-corrected chi connectivity index (χ0v) is 14.1. The molecule has 3 aromatic rings. The highest BCUT2D eigenvalue weighted by atomic mass is 19.1. The maximum atomic E-state index is 13.8. The van der Waals surface area contributed by atoms with Crippen LogP contribution in [0.15, 0.2) is 61.1 Å². The average Bonchev–Trinajstić information content (AvgIpc) is 3.06. The van der Waals surface area contributed by atoms with Gasteiger partial charge < -0.3 is 9.88 Å². The number of carbonyl (C=O) groups is 1. The number of rotatable bonds is 6. The highest BCUT2D eigenvalue weighted by Crippen LogP contribution is 2.22. The fraction of sp³-hybridized carbons (Fsp3) is 0.200. The van der Waals surface area contributed by atoms with Gasteiger partial charge in [-0.25, -0.2) is 9.37 Å². The summed E-state index contributed by atoms with van der Waals surface area (Å²) in [6.07, 6.45) is 4.84. The maximum absolute atomic E-state index is 13.8. The number of amides is 1. The number of aromatic nitrogens is 2. The van der Waals surface area contributed by atoms with Crippen LogP contribution in [0.1, 0.15) is 22.5 Å². The minimum Gasteiger partial charge on any atom is -0.351 e. The van der Waals surface area contributed by atoms with Gasteiger partial charge in [0.15, 0.2) is 0 Å². The van der Waals surface area contributed by atoms with Gasteiger partial charge in [-0.2, -0.15) is 0 Å². The number of hydrogen-bond donors (Lipinski definition) is 1. The molecule has 0 fully saturated rings. The lowest BCUT2D eigenvalue weighted by Crippen LogP contribution is -2.26. The molecule has 0 radical (unpaired) electrons. The molecular formula is C20H20FN3O. The van der Waals surface area contributed by atoms with Gasteiger partial charge in [0.1, 0.15) is 11.5 Å². The molecule has 0 saturated carbocycles. The Morgan fingerprint density at radius 3 is 2.60 bits per heavy atom. The molecule has 1 aromatic heterocycles. The molecule has 0 aliphatic rings. The molecule has 0 bridgehead atoms. The second-order valence-electron chi connectivity index (χ2n) is 5.93. The van der Waals surface area contributed by atoms with Crippen molar-refractivity contribution in [3.05, 3.63) is 78.1 Å². The van der Waals surface area contributed by atoms with Crippen LogP contribution in [0.5, 0.6) is 0 Å². The number of hydrogen-bond acceptors (Lipinski definition) is 2. The second kappa shape index (κ2) is 7.75. The number of nitrogens with zero attached hydrogens (tertiary/aromatic N) is 2. The Morgan fingerprint density at radius 1 is 1.16 bits per heavy atom. The van der Waals surface area contributed by atoms with E-state index in [2.05, 4.69) is 10.3 Å². The molecule has 5 heteroatoms.